The van der Waals surface area contributed by atoms with Crippen LogP contribution in [0, 0.1) is 0 Å². The summed E-state index contributed by atoms with van der Waals surface area (Å²) in [6.07, 6.45) is 1.85. The van der Waals surface area contributed by atoms with E-state index in [1.54, 1.807) is 0 Å². The molecule has 0 aliphatic carbocycles. The normalized spacial score (nSPS) is 13.9. The van der Waals surface area contributed by atoms with E-state index in [-0.39, 0.29) is 25.3 Å². The Labute approximate surface area is 86.6 Å². The van der Waals surface area contributed by atoms with E-state index in [0.717, 1.165) is 18.4 Å². The fourth-order valence-electron chi connectivity index (χ4n) is 0.799. The van der Waals surface area contributed by atoms with Crippen molar-refractivity contribution in [3.63, 3.8) is 0 Å². The first kappa shape index (κ1) is 16.0. The summed E-state index contributed by atoms with van der Waals surface area (Å²) in [5.41, 5.74) is 12.4. The second-order valence-corrected chi connectivity index (χ2v) is 3.05. The van der Waals surface area contributed by atoms with Gasteiger partial charge in [-0.1, -0.05) is 20.4 Å². The van der Waals surface area contributed by atoms with Crippen LogP contribution in [0.1, 0.15) is 26.7 Å². The number of rotatable bonds is 5. The maximum Gasteiger partial charge on any atom is 0.0662 e. The molecule has 0 aliphatic rings. The predicted molar refractivity (Wildman–Crippen MR) is 59.8 cm³/mol. The Hall–Kier alpha value is -0.420. The number of aliphatic hydroxyl groups is 2. The summed E-state index contributed by atoms with van der Waals surface area (Å²) < 4.78 is 0. The Morgan fingerprint density at radius 2 is 1.36 bits per heavy atom. The second-order valence-electron chi connectivity index (χ2n) is 3.05. The van der Waals surface area contributed by atoms with Gasteiger partial charge in [-0.2, -0.15) is 0 Å². The van der Waals surface area contributed by atoms with Crippen LogP contribution >= 0.6 is 0 Å². The SMILES string of the molecule is C=C(C(N)CC)C(N)CC.OCCO. The quantitative estimate of drug-likeness (QED) is 0.474. The van der Waals surface area contributed by atoms with Gasteiger partial charge in [-0.05, 0) is 18.4 Å². The van der Waals surface area contributed by atoms with Crippen molar-refractivity contribution in [2.75, 3.05) is 13.2 Å². The molecule has 0 amide bonds. The van der Waals surface area contributed by atoms with E-state index >= 15 is 0 Å². The van der Waals surface area contributed by atoms with E-state index in [4.69, 9.17) is 21.7 Å². The molecule has 2 unspecified atom stereocenters. The second kappa shape index (κ2) is 10.7. The fraction of sp³-hybridized carbons (Fsp3) is 0.800. The van der Waals surface area contributed by atoms with Gasteiger partial charge in [-0.3, -0.25) is 0 Å². The molecule has 6 N–H and O–H groups in total. The monoisotopic (exact) mass is 204 g/mol. The highest BCUT2D eigenvalue weighted by Gasteiger charge is 2.10. The molecule has 4 nitrogen and oxygen atoms in total. The van der Waals surface area contributed by atoms with Gasteiger partial charge in [0.05, 0.1) is 13.2 Å². The average molecular weight is 204 g/mol. The molecule has 0 aliphatic heterocycles. The fourth-order valence-corrected chi connectivity index (χ4v) is 0.799. The summed E-state index contributed by atoms with van der Waals surface area (Å²) in [5.74, 6) is 0. The van der Waals surface area contributed by atoms with E-state index in [2.05, 4.69) is 6.58 Å². The summed E-state index contributed by atoms with van der Waals surface area (Å²) in [6, 6.07) is 0.157. The lowest BCUT2D eigenvalue weighted by Crippen LogP contribution is -2.33. The Morgan fingerprint density at radius 3 is 1.50 bits per heavy atom. The summed E-state index contributed by atoms with van der Waals surface area (Å²) in [4.78, 5) is 0. The highest BCUT2D eigenvalue weighted by atomic mass is 16.3. The zero-order valence-electron chi connectivity index (χ0n) is 9.24. The lowest BCUT2D eigenvalue weighted by Gasteiger charge is -2.17. The van der Waals surface area contributed by atoms with Crippen LogP contribution in [0.2, 0.25) is 0 Å². The third-order valence-electron chi connectivity index (χ3n) is 1.93. The van der Waals surface area contributed by atoms with Gasteiger partial charge in [0.25, 0.3) is 0 Å². The molecule has 0 saturated heterocycles. The van der Waals surface area contributed by atoms with Crippen molar-refractivity contribution in [2.45, 2.75) is 38.8 Å². The molecule has 0 aromatic carbocycles. The van der Waals surface area contributed by atoms with Gasteiger partial charge >= 0.3 is 0 Å². The Bertz CT molecular complexity index is 126. The number of nitrogens with two attached hydrogens (primary N) is 2. The highest BCUT2D eigenvalue weighted by Crippen LogP contribution is 2.06. The van der Waals surface area contributed by atoms with Crippen molar-refractivity contribution in [3.05, 3.63) is 12.2 Å². The molecule has 0 rings (SSSR count). The molecule has 0 saturated carbocycles. The van der Waals surface area contributed by atoms with Gasteiger partial charge in [-0.15, -0.1) is 0 Å². The highest BCUT2D eigenvalue weighted by molar-refractivity contribution is 5.11. The van der Waals surface area contributed by atoms with Crippen LogP contribution in [0.15, 0.2) is 12.2 Å². The lowest BCUT2D eigenvalue weighted by atomic mass is 9.99. The number of hydrogen-bond donors (Lipinski definition) is 4. The van der Waals surface area contributed by atoms with Crippen molar-refractivity contribution in [1.82, 2.24) is 0 Å². The first-order valence-electron chi connectivity index (χ1n) is 4.96. The van der Waals surface area contributed by atoms with E-state index in [9.17, 15) is 0 Å². The van der Waals surface area contributed by atoms with E-state index < -0.39 is 0 Å². The van der Waals surface area contributed by atoms with E-state index in [1.807, 2.05) is 13.8 Å². The molecule has 0 aromatic rings. The summed E-state index contributed by atoms with van der Waals surface area (Å²) >= 11 is 0. The van der Waals surface area contributed by atoms with Crippen molar-refractivity contribution in [1.29, 1.82) is 0 Å². The van der Waals surface area contributed by atoms with Crippen LogP contribution in [0.4, 0.5) is 0 Å². The molecule has 4 heteroatoms. The Morgan fingerprint density at radius 1 is 1.07 bits per heavy atom. The van der Waals surface area contributed by atoms with Crippen LogP contribution in [0.5, 0.6) is 0 Å². The molecule has 0 spiro atoms. The third kappa shape index (κ3) is 8.19. The van der Waals surface area contributed by atoms with Crippen molar-refractivity contribution in [3.8, 4) is 0 Å². The average Bonchev–Trinajstić information content (AvgIpc) is 2.26. The zero-order valence-corrected chi connectivity index (χ0v) is 9.24. The van der Waals surface area contributed by atoms with Crippen molar-refractivity contribution in [2.24, 2.45) is 11.5 Å². The summed E-state index contributed by atoms with van der Waals surface area (Å²) in [5, 5.41) is 15.2. The van der Waals surface area contributed by atoms with Crippen molar-refractivity contribution < 1.29 is 10.2 Å². The van der Waals surface area contributed by atoms with Gasteiger partial charge in [0.15, 0.2) is 0 Å². The topological polar surface area (TPSA) is 92.5 Å². The summed E-state index contributed by atoms with van der Waals surface area (Å²) in [7, 11) is 0. The predicted octanol–water partition coefficient (Wildman–Crippen LogP) is -0.0118. The largest absolute Gasteiger partial charge is 0.394 e. The maximum atomic E-state index is 7.62. The van der Waals surface area contributed by atoms with Gasteiger partial charge < -0.3 is 21.7 Å². The molecule has 14 heavy (non-hydrogen) atoms. The minimum Gasteiger partial charge on any atom is -0.394 e. The summed E-state index contributed by atoms with van der Waals surface area (Å²) in [6.45, 7) is 7.68. The van der Waals surface area contributed by atoms with Crippen molar-refractivity contribution >= 4 is 0 Å². The minimum atomic E-state index is -0.125. The number of hydrogen-bond acceptors (Lipinski definition) is 4. The lowest BCUT2D eigenvalue weighted by molar-refractivity contribution is 0.186. The standard InChI is InChI=1S/C8H18N2.C2H6O2/c1-4-7(9)6(3)8(10)5-2;3-1-2-4/h7-8H,3-5,9-10H2,1-2H3;3-4H,1-2H2. The van der Waals surface area contributed by atoms with Gasteiger partial charge in [0.2, 0.25) is 0 Å². The van der Waals surface area contributed by atoms with Crippen LogP contribution in [-0.4, -0.2) is 35.5 Å². The molecule has 0 radical (unpaired) electrons. The number of aliphatic hydroxyl groups excluding tert-OH is 2. The van der Waals surface area contributed by atoms with E-state index in [1.165, 1.54) is 0 Å². The molecular formula is C10H24N2O2. The Kier molecular flexibility index (Phi) is 12.2. The van der Waals surface area contributed by atoms with Crippen LogP contribution in [0.25, 0.3) is 0 Å². The third-order valence-corrected chi connectivity index (χ3v) is 1.93. The molecule has 0 fully saturated rings. The van der Waals surface area contributed by atoms with Crippen LogP contribution in [-0.2, 0) is 0 Å². The van der Waals surface area contributed by atoms with E-state index in [0.29, 0.717) is 0 Å². The molecule has 0 bridgehead atoms. The van der Waals surface area contributed by atoms with Gasteiger partial charge in [0, 0.05) is 12.1 Å². The maximum absolute atomic E-state index is 7.62. The first-order valence-corrected chi connectivity index (χ1v) is 4.96. The zero-order chi connectivity index (χ0) is 11.6. The van der Waals surface area contributed by atoms with Gasteiger partial charge in [0.1, 0.15) is 0 Å². The van der Waals surface area contributed by atoms with Crippen LogP contribution in [0.3, 0.4) is 0 Å². The molecule has 2 atom stereocenters. The molecule has 0 aromatic heterocycles. The molecule has 0 heterocycles. The molecule has 86 valence electrons. The minimum absolute atomic E-state index is 0.0787. The van der Waals surface area contributed by atoms with Crippen LogP contribution < -0.4 is 11.5 Å². The Balaban J connectivity index is 0. The first-order chi connectivity index (χ1) is 6.54. The van der Waals surface area contributed by atoms with Gasteiger partial charge in [-0.25, -0.2) is 0 Å². The molecular weight excluding hydrogens is 180 g/mol. The smallest absolute Gasteiger partial charge is 0.0662 e.